The summed E-state index contributed by atoms with van der Waals surface area (Å²) in [5, 5.41) is 9.59. The van der Waals surface area contributed by atoms with Gasteiger partial charge < -0.3 is 15.7 Å². The Hall–Kier alpha value is -2.08. The summed E-state index contributed by atoms with van der Waals surface area (Å²) in [6, 6.07) is 6.01. The van der Waals surface area contributed by atoms with E-state index in [1.807, 2.05) is 0 Å². The van der Waals surface area contributed by atoms with Gasteiger partial charge in [-0.2, -0.15) is 0 Å². The molecule has 1 aromatic carbocycles. The van der Waals surface area contributed by atoms with Gasteiger partial charge in [0.15, 0.2) is 0 Å². The Morgan fingerprint density at radius 2 is 2.00 bits per heavy atom. The zero-order valence-electron chi connectivity index (χ0n) is 11.2. The molecule has 0 radical (unpaired) electrons. The van der Waals surface area contributed by atoms with Crippen LogP contribution in [0.1, 0.15) is 24.4 Å². The number of amides is 2. The zero-order chi connectivity index (χ0) is 15.6. The van der Waals surface area contributed by atoms with E-state index in [1.165, 1.54) is 4.90 Å². The molecule has 0 aromatic heterocycles. The molecule has 6 nitrogen and oxygen atoms in total. The number of primary amides is 1. The van der Waals surface area contributed by atoms with Gasteiger partial charge in [-0.15, -0.1) is 0 Å². The van der Waals surface area contributed by atoms with Crippen molar-refractivity contribution in [1.29, 1.82) is 0 Å². The molecule has 1 saturated heterocycles. The summed E-state index contributed by atoms with van der Waals surface area (Å²) in [7, 11) is 0. The molecule has 7 heteroatoms. The van der Waals surface area contributed by atoms with Crippen molar-refractivity contribution in [1.82, 2.24) is 4.90 Å². The number of hydrogen-bond acceptors (Lipinski definition) is 3. The van der Waals surface area contributed by atoms with Crippen LogP contribution in [0.25, 0.3) is 0 Å². The predicted octanol–water partition coefficient (Wildman–Crippen LogP) is 1.19. The number of carboxylic acid groups (broad SMARTS) is 1. The number of nitrogens with two attached hydrogens (primary N) is 1. The van der Waals surface area contributed by atoms with Gasteiger partial charge in [0.1, 0.15) is 0 Å². The van der Waals surface area contributed by atoms with Gasteiger partial charge in [0, 0.05) is 18.0 Å². The maximum Gasteiger partial charge on any atom is 0.305 e. The van der Waals surface area contributed by atoms with E-state index in [0.29, 0.717) is 10.6 Å². The molecule has 2 unspecified atom stereocenters. The van der Waals surface area contributed by atoms with E-state index < -0.39 is 23.8 Å². The average molecular weight is 311 g/mol. The summed E-state index contributed by atoms with van der Waals surface area (Å²) in [6.07, 6.45) is -0.210. The number of likely N-dealkylation sites (tertiary alicyclic amines) is 1. The molecule has 2 amide bonds. The molecule has 2 rings (SSSR count). The lowest BCUT2D eigenvalue weighted by atomic mass is 10.0. The third-order valence-electron chi connectivity index (χ3n) is 3.56. The van der Waals surface area contributed by atoms with E-state index in [1.54, 1.807) is 24.3 Å². The smallest absolute Gasteiger partial charge is 0.305 e. The monoisotopic (exact) mass is 310 g/mol. The Labute approximate surface area is 126 Å². The largest absolute Gasteiger partial charge is 0.481 e. The lowest BCUT2D eigenvalue weighted by molar-refractivity contribution is -0.139. The van der Waals surface area contributed by atoms with Crippen LogP contribution in [0.3, 0.4) is 0 Å². The van der Waals surface area contributed by atoms with Gasteiger partial charge in [-0.3, -0.25) is 14.4 Å². The number of carbonyl (C=O) groups is 3. The Bertz CT molecular complexity index is 573. The second-order valence-corrected chi connectivity index (χ2v) is 5.45. The summed E-state index contributed by atoms with van der Waals surface area (Å²) in [5.74, 6) is -2.40. The van der Waals surface area contributed by atoms with E-state index in [4.69, 9.17) is 22.4 Å². The topological polar surface area (TPSA) is 101 Å². The molecule has 1 fully saturated rings. The van der Waals surface area contributed by atoms with E-state index >= 15 is 0 Å². The molecule has 0 aliphatic carbocycles. The van der Waals surface area contributed by atoms with Crippen molar-refractivity contribution < 1.29 is 19.5 Å². The van der Waals surface area contributed by atoms with E-state index in [0.717, 1.165) is 0 Å². The van der Waals surface area contributed by atoms with E-state index in [2.05, 4.69) is 0 Å². The molecule has 1 aromatic rings. The molecule has 1 aliphatic heterocycles. The first-order valence-electron chi connectivity index (χ1n) is 6.44. The summed E-state index contributed by atoms with van der Waals surface area (Å²) in [5.41, 5.74) is 5.90. The Kier molecular flexibility index (Phi) is 4.47. The molecule has 3 N–H and O–H groups in total. The van der Waals surface area contributed by atoms with Crippen molar-refractivity contribution in [3.63, 3.8) is 0 Å². The Morgan fingerprint density at radius 1 is 1.38 bits per heavy atom. The van der Waals surface area contributed by atoms with Crippen LogP contribution in [0.15, 0.2) is 24.3 Å². The van der Waals surface area contributed by atoms with Crippen LogP contribution in [-0.2, 0) is 14.4 Å². The average Bonchev–Trinajstić information content (AvgIpc) is 2.79. The van der Waals surface area contributed by atoms with Crippen LogP contribution < -0.4 is 5.73 Å². The van der Waals surface area contributed by atoms with Gasteiger partial charge in [0.25, 0.3) is 0 Å². The second kappa shape index (κ2) is 6.13. The molecular formula is C14H15ClN2O4. The molecule has 1 aliphatic rings. The summed E-state index contributed by atoms with van der Waals surface area (Å²) in [6.45, 7) is 0.148. The number of hydrogen-bond donors (Lipinski definition) is 2. The highest BCUT2D eigenvalue weighted by Crippen LogP contribution is 2.31. The third-order valence-corrected chi connectivity index (χ3v) is 3.81. The first-order chi connectivity index (χ1) is 9.88. The number of carbonyl (C=O) groups excluding carboxylic acids is 2. The highest BCUT2D eigenvalue weighted by atomic mass is 35.5. The standard InChI is InChI=1S/C14H15ClN2O4/c15-10-3-1-8(2-4-10)11(6-13(19)20)17-7-9(14(16)21)5-12(17)18/h1-4,9,11H,5-7H2,(H2,16,21)(H,19,20). The van der Waals surface area contributed by atoms with Gasteiger partial charge >= 0.3 is 5.97 Å². The fourth-order valence-corrected chi connectivity index (χ4v) is 2.61. The first-order valence-corrected chi connectivity index (χ1v) is 6.82. The Morgan fingerprint density at radius 3 is 2.48 bits per heavy atom. The molecule has 2 atom stereocenters. The predicted molar refractivity (Wildman–Crippen MR) is 75.5 cm³/mol. The van der Waals surface area contributed by atoms with Crippen LogP contribution in [-0.4, -0.2) is 34.3 Å². The lowest BCUT2D eigenvalue weighted by Gasteiger charge is -2.27. The van der Waals surface area contributed by atoms with Gasteiger partial charge in [0.05, 0.1) is 18.4 Å². The molecule has 112 valence electrons. The third kappa shape index (κ3) is 3.52. The number of carboxylic acids is 1. The van der Waals surface area contributed by atoms with E-state index in [-0.39, 0.29) is 25.3 Å². The lowest BCUT2D eigenvalue weighted by Crippen LogP contribution is -2.33. The minimum Gasteiger partial charge on any atom is -0.481 e. The van der Waals surface area contributed by atoms with Gasteiger partial charge in [-0.25, -0.2) is 0 Å². The van der Waals surface area contributed by atoms with Gasteiger partial charge in [-0.05, 0) is 17.7 Å². The number of nitrogens with zero attached hydrogens (tertiary/aromatic N) is 1. The number of aliphatic carboxylic acids is 1. The highest BCUT2D eigenvalue weighted by molar-refractivity contribution is 6.30. The van der Waals surface area contributed by atoms with E-state index in [9.17, 15) is 14.4 Å². The second-order valence-electron chi connectivity index (χ2n) is 5.01. The summed E-state index contributed by atoms with van der Waals surface area (Å²) in [4.78, 5) is 35.8. The number of halogens is 1. The normalized spacial score (nSPS) is 19.6. The van der Waals surface area contributed by atoms with Crippen molar-refractivity contribution in [3.05, 3.63) is 34.9 Å². The van der Waals surface area contributed by atoms with Crippen LogP contribution >= 0.6 is 11.6 Å². The van der Waals surface area contributed by atoms with Crippen molar-refractivity contribution >= 4 is 29.4 Å². The SMILES string of the molecule is NC(=O)C1CC(=O)N(C(CC(=O)O)c2ccc(Cl)cc2)C1. The maximum absolute atomic E-state index is 12.1. The van der Waals surface area contributed by atoms with Crippen LogP contribution in [0, 0.1) is 5.92 Å². The van der Waals surface area contributed by atoms with Crippen molar-refractivity contribution in [2.75, 3.05) is 6.54 Å². The fourth-order valence-electron chi connectivity index (χ4n) is 2.48. The number of benzene rings is 1. The van der Waals surface area contributed by atoms with Crippen LogP contribution in [0.2, 0.25) is 5.02 Å². The number of rotatable bonds is 5. The van der Waals surface area contributed by atoms with Crippen molar-refractivity contribution in [3.8, 4) is 0 Å². The molecule has 0 saturated carbocycles. The van der Waals surface area contributed by atoms with Crippen molar-refractivity contribution in [2.24, 2.45) is 11.7 Å². The molecule has 1 heterocycles. The zero-order valence-corrected chi connectivity index (χ0v) is 11.9. The summed E-state index contributed by atoms with van der Waals surface area (Å²) < 4.78 is 0. The van der Waals surface area contributed by atoms with Crippen molar-refractivity contribution in [2.45, 2.75) is 18.9 Å². The van der Waals surface area contributed by atoms with Crippen LogP contribution in [0.4, 0.5) is 0 Å². The molecular weight excluding hydrogens is 296 g/mol. The molecule has 0 bridgehead atoms. The Balaban J connectivity index is 2.28. The maximum atomic E-state index is 12.1. The molecule has 0 spiro atoms. The van der Waals surface area contributed by atoms with Crippen LogP contribution in [0.5, 0.6) is 0 Å². The minimum absolute atomic E-state index is 0.0268. The quantitative estimate of drug-likeness (QED) is 0.853. The fraction of sp³-hybridized carbons (Fsp3) is 0.357. The highest BCUT2D eigenvalue weighted by Gasteiger charge is 2.38. The minimum atomic E-state index is -1.02. The first kappa shape index (κ1) is 15.3. The van der Waals surface area contributed by atoms with Gasteiger partial charge in [0.2, 0.25) is 11.8 Å². The van der Waals surface area contributed by atoms with Gasteiger partial charge in [-0.1, -0.05) is 23.7 Å². The molecule has 21 heavy (non-hydrogen) atoms. The summed E-state index contributed by atoms with van der Waals surface area (Å²) >= 11 is 5.82.